The summed E-state index contributed by atoms with van der Waals surface area (Å²) in [5, 5.41) is 49.8. The van der Waals surface area contributed by atoms with Crippen molar-refractivity contribution in [2.24, 2.45) is 0 Å². The molecule has 6 unspecified atom stereocenters. The number of rotatable bonds is 30. The van der Waals surface area contributed by atoms with Gasteiger partial charge in [0, 0.05) is 13.0 Å². The van der Waals surface area contributed by atoms with E-state index in [1.54, 1.807) is 0 Å². The second-order valence-corrected chi connectivity index (χ2v) is 14.5. The van der Waals surface area contributed by atoms with Gasteiger partial charge in [-0.2, -0.15) is 0 Å². The molecule has 6 atom stereocenters. The van der Waals surface area contributed by atoms with Crippen LogP contribution < -0.4 is 0 Å². The zero-order chi connectivity index (χ0) is 37.0. The van der Waals surface area contributed by atoms with Gasteiger partial charge in [0.25, 0.3) is 0 Å². The van der Waals surface area contributed by atoms with Gasteiger partial charge in [0.1, 0.15) is 42.7 Å². The maximum atomic E-state index is 12.7. The van der Waals surface area contributed by atoms with Crippen LogP contribution in [0.1, 0.15) is 129 Å². The molecule has 0 aromatic heterocycles. The van der Waals surface area contributed by atoms with E-state index in [2.05, 4.69) is 50.3 Å². The monoisotopic (exact) mass is 734 g/mol. The van der Waals surface area contributed by atoms with Gasteiger partial charge in [-0.1, -0.05) is 115 Å². The Kier molecular flexibility index (Phi) is 27.1. The maximum absolute atomic E-state index is 12.7. The fourth-order valence-corrected chi connectivity index (χ4v) is 6.46. The van der Waals surface area contributed by atoms with E-state index < -0.39 is 63.1 Å². The van der Waals surface area contributed by atoms with Crippen LogP contribution in [-0.2, 0) is 27.9 Å². The van der Waals surface area contributed by atoms with E-state index in [1.807, 2.05) is 0 Å². The lowest BCUT2D eigenvalue weighted by Gasteiger charge is -2.41. The molecule has 1 saturated carbocycles. The van der Waals surface area contributed by atoms with Crippen LogP contribution in [0.25, 0.3) is 0 Å². The number of hydrogen-bond acceptors (Lipinski definition) is 11. The molecule has 1 rings (SSSR count). The predicted molar refractivity (Wildman–Crippen MR) is 193 cm³/mol. The molecule has 0 radical (unpaired) electrons. The maximum Gasteiger partial charge on any atom is 0.472 e. The third kappa shape index (κ3) is 21.8. The Bertz CT molecular complexity index is 974. The van der Waals surface area contributed by atoms with Gasteiger partial charge in [0.05, 0.1) is 13.2 Å². The Labute approximate surface area is 300 Å². The molecule has 1 aliphatic carbocycles. The highest BCUT2D eigenvalue weighted by molar-refractivity contribution is 7.47. The molecular weight excluding hydrogens is 667 g/mol. The van der Waals surface area contributed by atoms with Crippen LogP contribution >= 0.6 is 7.82 Å². The first-order valence-electron chi connectivity index (χ1n) is 18.8. The molecule has 292 valence electrons. The number of ether oxygens (including phenoxy) is 2. The molecule has 0 heterocycles. The largest absolute Gasteiger partial charge is 0.472 e. The van der Waals surface area contributed by atoms with Crippen LogP contribution in [0.5, 0.6) is 0 Å². The van der Waals surface area contributed by atoms with E-state index in [0.717, 1.165) is 89.9 Å². The molecule has 0 bridgehead atoms. The molecule has 6 N–H and O–H groups in total. The Hall–Kier alpha value is -1.44. The molecule has 1 fully saturated rings. The first kappa shape index (κ1) is 46.6. The van der Waals surface area contributed by atoms with Crippen molar-refractivity contribution < 1.29 is 58.3 Å². The summed E-state index contributed by atoms with van der Waals surface area (Å²) >= 11 is 0. The van der Waals surface area contributed by atoms with E-state index in [1.165, 1.54) is 12.8 Å². The highest BCUT2D eigenvalue weighted by atomic mass is 31.2. The first-order chi connectivity index (χ1) is 24.0. The number of aliphatic hydroxyl groups excluding tert-OH is 5. The number of carbonyl (C=O) groups excluding carboxylic acids is 1. The summed E-state index contributed by atoms with van der Waals surface area (Å²) in [5.74, 6) is -0.492. The third-order valence-corrected chi connectivity index (χ3v) is 9.51. The second kappa shape index (κ2) is 29.1. The van der Waals surface area contributed by atoms with Gasteiger partial charge in [-0.15, -0.1) is 0 Å². The second-order valence-electron chi connectivity index (χ2n) is 13.0. The van der Waals surface area contributed by atoms with Crippen LogP contribution in [0.2, 0.25) is 0 Å². The van der Waals surface area contributed by atoms with Gasteiger partial charge in [0.15, 0.2) is 0 Å². The van der Waals surface area contributed by atoms with E-state index >= 15 is 0 Å². The zero-order valence-electron chi connectivity index (χ0n) is 30.4. The van der Waals surface area contributed by atoms with Crippen molar-refractivity contribution in [1.82, 2.24) is 0 Å². The van der Waals surface area contributed by atoms with Gasteiger partial charge in [0.2, 0.25) is 0 Å². The van der Waals surface area contributed by atoms with Gasteiger partial charge >= 0.3 is 13.8 Å². The fraction of sp³-hybridized carbons (Fsp3) is 0.811. The van der Waals surface area contributed by atoms with Crippen molar-refractivity contribution >= 4 is 13.8 Å². The summed E-state index contributed by atoms with van der Waals surface area (Å²) in [7, 11) is -5.00. The summed E-state index contributed by atoms with van der Waals surface area (Å²) in [6, 6.07) is 0. The number of unbranched alkanes of at least 4 members (excludes halogenated alkanes) is 12. The van der Waals surface area contributed by atoms with Crippen LogP contribution in [0.3, 0.4) is 0 Å². The minimum atomic E-state index is -5.00. The van der Waals surface area contributed by atoms with Crippen molar-refractivity contribution in [3.05, 3.63) is 36.5 Å². The topological polar surface area (TPSA) is 192 Å². The van der Waals surface area contributed by atoms with E-state index in [-0.39, 0.29) is 13.0 Å². The molecule has 50 heavy (non-hydrogen) atoms. The van der Waals surface area contributed by atoms with Crippen molar-refractivity contribution in [3.8, 4) is 0 Å². The minimum absolute atomic E-state index is 0.0853. The number of esters is 1. The number of carbonyl (C=O) groups is 1. The average molecular weight is 735 g/mol. The lowest BCUT2D eigenvalue weighted by molar-refractivity contribution is -0.220. The summed E-state index contributed by atoms with van der Waals surface area (Å²) in [6.45, 7) is 4.03. The summed E-state index contributed by atoms with van der Waals surface area (Å²) in [6.07, 6.45) is 18.3. The first-order valence-corrected chi connectivity index (χ1v) is 20.3. The van der Waals surface area contributed by atoms with Crippen molar-refractivity contribution in [1.29, 1.82) is 0 Å². The smallest absolute Gasteiger partial charge is 0.457 e. The number of phosphoric ester groups is 1. The van der Waals surface area contributed by atoms with Crippen LogP contribution in [0.15, 0.2) is 36.5 Å². The number of aliphatic hydroxyl groups is 5. The number of hydrogen-bond donors (Lipinski definition) is 6. The van der Waals surface area contributed by atoms with Crippen LogP contribution in [0.4, 0.5) is 0 Å². The molecule has 13 heteroatoms. The molecule has 0 amide bonds. The molecule has 1 aliphatic rings. The SMILES string of the molecule is CC/C=C\C/C=C\C/C=C\CCCCCCCCOCC(COP(=O)(O)OC1C(O)C(O)C(O)C(O)C1O)OC(=O)CCCCCCCCC. The van der Waals surface area contributed by atoms with E-state index in [9.17, 15) is 39.8 Å². The Morgan fingerprint density at radius 2 is 1.18 bits per heavy atom. The number of allylic oxidation sites excluding steroid dienone is 6. The average Bonchev–Trinajstić information content (AvgIpc) is 3.09. The molecule has 0 aromatic rings. The summed E-state index contributed by atoms with van der Waals surface area (Å²) in [4.78, 5) is 22.8. The Balaban J connectivity index is 2.44. The summed E-state index contributed by atoms with van der Waals surface area (Å²) in [5.41, 5.74) is 0. The van der Waals surface area contributed by atoms with Crippen molar-refractivity contribution in [2.45, 2.75) is 172 Å². The summed E-state index contributed by atoms with van der Waals surface area (Å²) < 4.78 is 33.8. The quantitative estimate of drug-likeness (QED) is 0.0220. The standard InChI is InChI=1S/C37H67O12P/c1-3-5-7-9-11-12-13-14-15-16-17-18-19-21-23-25-27-46-28-30(48-31(38)26-24-22-20-10-8-6-4-2)29-47-50(44,45)49-37-35(42)33(40)32(39)34(41)36(37)43/h5,7,11-12,14-15,30,32-37,39-43H,3-4,6,8-10,13,16-29H2,1-2H3,(H,44,45)/b7-5-,12-11-,15-14-. The van der Waals surface area contributed by atoms with E-state index in [0.29, 0.717) is 13.0 Å². The normalized spacial score (nSPS) is 24.7. The van der Waals surface area contributed by atoms with Crippen molar-refractivity contribution in [2.75, 3.05) is 19.8 Å². The molecule has 12 nitrogen and oxygen atoms in total. The highest BCUT2D eigenvalue weighted by Crippen LogP contribution is 2.47. The van der Waals surface area contributed by atoms with Gasteiger partial charge in [-0.25, -0.2) is 4.57 Å². The van der Waals surface area contributed by atoms with E-state index in [4.69, 9.17) is 18.5 Å². The third-order valence-electron chi connectivity index (χ3n) is 8.53. The lowest BCUT2D eigenvalue weighted by Crippen LogP contribution is -2.64. The molecule has 0 spiro atoms. The lowest BCUT2D eigenvalue weighted by atomic mass is 9.85. The molecule has 0 aromatic carbocycles. The predicted octanol–water partition coefficient (Wildman–Crippen LogP) is 5.97. The Morgan fingerprint density at radius 1 is 0.660 bits per heavy atom. The molecule has 0 aliphatic heterocycles. The zero-order valence-corrected chi connectivity index (χ0v) is 31.3. The minimum Gasteiger partial charge on any atom is -0.457 e. The van der Waals surface area contributed by atoms with Crippen molar-refractivity contribution in [3.63, 3.8) is 0 Å². The highest BCUT2D eigenvalue weighted by Gasteiger charge is 2.51. The fourth-order valence-electron chi connectivity index (χ4n) is 5.49. The molecule has 0 saturated heterocycles. The molecular formula is C37H67O12P. The van der Waals surface area contributed by atoms with Gasteiger partial charge < -0.3 is 39.9 Å². The van der Waals surface area contributed by atoms with Crippen LogP contribution in [0, 0.1) is 0 Å². The Morgan fingerprint density at radius 3 is 1.80 bits per heavy atom. The van der Waals surface area contributed by atoms with Gasteiger partial charge in [-0.3, -0.25) is 13.8 Å². The van der Waals surface area contributed by atoms with Gasteiger partial charge in [-0.05, 0) is 44.9 Å². The van der Waals surface area contributed by atoms with Crippen LogP contribution in [-0.4, -0.2) is 98.9 Å². The number of phosphoric acid groups is 1.